The summed E-state index contributed by atoms with van der Waals surface area (Å²) in [7, 11) is 1.71. The number of hydrogen-bond acceptors (Lipinski definition) is 4. The molecule has 1 aromatic carbocycles. The summed E-state index contributed by atoms with van der Waals surface area (Å²) in [5.41, 5.74) is 4.25. The van der Waals surface area contributed by atoms with Gasteiger partial charge in [0.25, 0.3) is 0 Å². The van der Waals surface area contributed by atoms with Gasteiger partial charge in [0.2, 0.25) is 0 Å². The molecule has 1 unspecified atom stereocenters. The topological polar surface area (TPSA) is 56.5 Å². The summed E-state index contributed by atoms with van der Waals surface area (Å²) in [6.45, 7) is 2.15. The number of nitrogens with two attached hydrogens (primary N) is 1. The zero-order valence-corrected chi connectivity index (χ0v) is 10.9. The Morgan fingerprint density at radius 2 is 2.00 bits per heavy atom. The molecule has 0 spiro atoms. The molecule has 3 N–H and O–H groups in total. The van der Waals surface area contributed by atoms with Crippen molar-refractivity contribution in [3.8, 4) is 0 Å². The Hall–Kier alpha value is -0.940. The molecule has 4 heteroatoms. The Morgan fingerprint density at radius 1 is 1.33 bits per heavy atom. The van der Waals surface area contributed by atoms with Crippen LogP contribution in [0.3, 0.4) is 0 Å². The van der Waals surface area contributed by atoms with E-state index in [1.165, 1.54) is 5.56 Å². The predicted molar refractivity (Wildman–Crippen MR) is 71.2 cm³/mol. The van der Waals surface area contributed by atoms with E-state index < -0.39 is 0 Å². The monoisotopic (exact) mass is 250 g/mol. The van der Waals surface area contributed by atoms with E-state index in [2.05, 4.69) is 29.7 Å². The first-order chi connectivity index (χ1) is 8.83. The summed E-state index contributed by atoms with van der Waals surface area (Å²) in [4.78, 5) is 0. The van der Waals surface area contributed by atoms with Crippen molar-refractivity contribution in [3.05, 3.63) is 35.9 Å². The lowest BCUT2D eigenvalue weighted by atomic mass is 9.69. The Bertz CT molecular complexity index is 350. The molecular formula is C14H22N2O2. The molecule has 0 aromatic heterocycles. The van der Waals surface area contributed by atoms with Crippen molar-refractivity contribution >= 4 is 0 Å². The van der Waals surface area contributed by atoms with Gasteiger partial charge in [-0.3, -0.25) is 11.3 Å². The van der Waals surface area contributed by atoms with Gasteiger partial charge >= 0.3 is 0 Å². The quantitative estimate of drug-likeness (QED) is 0.609. The molecule has 0 saturated carbocycles. The van der Waals surface area contributed by atoms with Crippen molar-refractivity contribution in [3.63, 3.8) is 0 Å². The first kappa shape index (κ1) is 13.5. The largest absolute Gasteiger partial charge is 0.383 e. The van der Waals surface area contributed by atoms with Gasteiger partial charge in [-0.05, 0) is 18.4 Å². The maximum Gasteiger partial charge on any atom is 0.0638 e. The summed E-state index contributed by atoms with van der Waals surface area (Å²) in [6.07, 6.45) is 1.94. The van der Waals surface area contributed by atoms with Crippen LogP contribution in [0.1, 0.15) is 18.4 Å². The van der Waals surface area contributed by atoms with Gasteiger partial charge in [-0.2, -0.15) is 0 Å². The van der Waals surface area contributed by atoms with Crippen LogP contribution in [-0.4, -0.2) is 33.0 Å². The van der Waals surface area contributed by atoms with E-state index in [1.807, 2.05) is 6.07 Å². The van der Waals surface area contributed by atoms with E-state index in [1.54, 1.807) is 7.11 Å². The summed E-state index contributed by atoms with van der Waals surface area (Å²) in [6, 6.07) is 10.6. The van der Waals surface area contributed by atoms with Crippen LogP contribution in [0.5, 0.6) is 0 Å². The molecule has 1 fully saturated rings. The fourth-order valence-corrected chi connectivity index (χ4v) is 2.88. The van der Waals surface area contributed by atoms with Crippen LogP contribution in [0, 0.1) is 0 Å². The van der Waals surface area contributed by atoms with Crippen molar-refractivity contribution in [1.82, 2.24) is 5.43 Å². The lowest BCUT2D eigenvalue weighted by Crippen LogP contribution is -2.56. The van der Waals surface area contributed by atoms with Gasteiger partial charge in [0.15, 0.2) is 0 Å². The molecule has 4 nitrogen and oxygen atoms in total. The number of rotatable bonds is 5. The maximum absolute atomic E-state index is 5.74. The van der Waals surface area contributed by atoms with Crippen LogP contribution in [0.2, 0.25) is 0 Å². The molecule has 0 aliphatic carbocycles. The van der Waals surface area contributed by atoms with Gasteiger partial charge in [0.05, 0.1) is 12.6 Å². The Morgan fingerprint density at radius 3 is 2.56 bits per heavy atom. The maximum atomic E-state index is 5.74. The third-order valence-corrected chi connectivity index (χ3v) is 3.94. The van der Waals surface area contributed by atoms with Crippen molar-refractivity contribution < 1.29 is 9.47 Å². The van der Waals surface area contributed by atoms with E-state index >= 15 is 0 Å². The molecular weight excluding hydrogens is 228 g/mol. The van der Waals surface area contributed by atoms with E-state index in [0.717, 1.165) is 26.1 Å². The number of hydrazine groups is 1. The molecule has 1 atom stereocenters. The van der Waals surface area contributed by atoms with Crippen molar-refractivity contribution in [2.24, 2.45) is 5.84 Å². The highest BCUT2D eigenvalue weighted by Crippen LogP contribution is 2.37. The molecule has 1 aliphatic rings. The Balaban J connectivity index is 2.33. The first-order valence-electron chi connectivity index (χ1n) is 6.42. The zero-order chi connectivity index (χ0) is 12.8. The van der Waals surface area contributed by atoms with E-state index in [9.17, 15) is 0 Å². The summed E-state index contributed by atoms with van der Waals surface area (Å²) >= 11 is 0. The van der Waals surface area contributed by atoms with Crippen LogP contribution < -0.4 is 11.3 Å². The number of benzene rings is 1. The molecule has 2 rings (SSSR count). The van der Waals surface area contributed by atoms with Gasteiger partial charge in [-0.15, -0.1) is 0 Å². The van der Waals surface area contributed by atoms with Crippen molar-refractivity contribution in [1.29, 1.82) is 0 Å². The SMILES string of the molecule is COCC(NN)C1(c2ccccc2)CCOCC1. The van der Waals surface area contributed by atoms with Gasteiger partial charge in [0, 0.05) is 25.7 Å². The molecule has 1 aromatic rings. The lowest BCUT2D eigenvalue weighted by Gasteiger charge is -2.43. The van der Waals surface area contributed by atoms with Gasteiger partial charge < -0.3 is 9.47 Å². The molecule has 100 valence electrons. The average Bonchev–Trinajstić information content (AvgIpc) is 2.46. The molecule has 1 heterocycles. The van der Waals surface area contributed by atoms with Crippen LogP contribution in [0.4, 0.5) is 0 Å². The molecule has 0 bridgehead atoms. The minimum Gasteiger partial charge on any atom is -0.383 e. The highest BCUT2D eigenvalue weighted by molar-refractivity contribution is 5.28. The molecule has 18 heavy (non-hydrogen) atoms. The predicted octanol–water partition coefficient (Wildman–Crippen LogP) is 1.21. The van der Waals surface area contributed by atoms with E-state index in [0.29, 0.717) is 6.61 Å². The fourth-order valence-electron chi connectivity index (χ4n) is 2.88. The fraction of sp³-hybridized carbons (Fsp3) is 0.571. The number of methoxy groups -OCH3 is 1. The highest BCUT2D eigenvalue weighted by Gasteiger charge is 2.41. The third-order valence-electron chi connectivity index (χ3n) is 3.94. The second-order valence-corrected chi connectivity index (χ2v) is 4.81. The molecule has 1 saturated heterocycles. The number of hydrogen-bond donors (Lipinski definition) is 2. The van der Waals surface area contributed by atoms with Crippen LogP contribution in [0.15, 0.2) is 30.3 Å². The number of ether oxygens (including phenoxy) is 2. The zero-order valence-electron chi connectivity index (χ0n) is 10.9. The van der Waals surface area contributed by atoms with E-state index in [4.69, 9.17) is 15.3 Å². The van der Waals surface area contributed by atoms with Crippen molar-refractivity contribution in [2.75, 3.05) is 26.9 Å². The Kier molecular flexibility index (Phi) is 4.72. The normalized spacial score (nSPS) is 20.6. The Labute approximate surface area is 108 Å². The molecule has 0 radical (unpaired) electrons. The minimum absolute atomic E-state index is 0.00424. The van der Waals surface area contributed by atoms with Gasteiger partial charge in [0.1, 0.15) is 0 Å². The summed E-state index contributed by atoms with van der Waals surface area (Å²) in [5.74, 6) is 5.74. The van der Waals surface area contributed by atoms with E-state index in [-0.39, 0.29) is 11.5 Å². The highest BCUT2D eigenvalue weighted by atomic mass is 16.5. The van der Waals surface area contributed by atoms with Crippen LogP contribution >= 0.6 is 0 Å². The van der Waals surface area contributed by atoms with Crippen LogP contribution in [-0.2, 0) is 14.9 Å². The molecule has 0 amide bonds. The second kappa shape index (κ2) is 6.29. The summed E-state index contributed by atoms with van der Waals surface area (Å²) < 4.78 is 10.8. The minimum atomic E-state index is 0.00424. The lowest BCUT2D eigenvalue weighted by molar-refractivity contribution is 0.0175. The first-order valence-corrected chi connectivity index (χ1v) is 6.42. The standard InChI is InChI=1S/C14H22N2O2/c1-17-11-13(16-15)14(7-9-18-10-8-14)12-5-3-2-4-6-12/h2-6,13,16H,7-11,15H2,1H3. The van der Waals surface area contributed by atoms with Crippen LogP contribution in [0.25, 0.3) is 0 Å². The van der Waals surface area contributed by atoms with Gasteiger partial charge in [-0.25, -0.2) is 0 Å². The average molecular weight is 250 g/mol. The smallest absolute Gasteiger partial charge is 0.0638 e. The molecule has 1 aliphatic heterocycles. The van der Waals surface area contributed by atoms with Crippen molar-refractivity contribution in [2.45, 2.75) is 24.3 Å². The van der Waals surface area contributed by atoms with Gasteiger partial charge in [-0.1, -0.05) is 30.3 Å². The number of nitrogens with one attached hydrogen (secondary N) is 1. The third kappa shape index (κ3) is 2.57. The second-order valence-electron chi connectivity index (χ2n) is 4.81. The summed E-state index contributed by atoms with van der Waals surface area (Å²) in [5, 5.41) is 0.